The quantitative estimate of drug-likeness (QED) is 0.801. The van der Waals surface area contributed by atoms with Gasteiger partial charge in [0.25, 0.3) is 5.78 Å². The number of nitrogens with zero attached hydrogens (tertiary/aromatic N) is 4. The summed E-state index contributed by atoms with van der Waals surface area (Å²) in [5.41, 5.74) is 1.20. The number of aromatic nitrogens is 4. The molecule has 2 heterocycles. The fourth-order valence-electron chi connectivity index (χ4n) is 1.64. The van der Waals surface area contributed by atoms with Crippen LogP contribution in [0.25, 0.3) is 5.78 Å². The first kappa shape index (κ1) is 8.64. The van der Waals surface area contributed by atoms with Crippen molar-refractivity contribution in [2.75, 3.05) is 5.32 Å². The Hall–Kier alpha value is -1.65. The standard InChI is InChI=1S/C10H13N5/c1-7-5-8(14-10(2)3-4-10)15-9(13-7)11-6-12-15/h5-6,14H,3-4H2,1-2H3. The Morgan fingerprint density at radius 1 is 1.47 bits per heavy atom. The summed E-state index contributed by atoms with van der Waals surface area (Å²) < 4.78 is 1.75. The second kappa shape index (κ2) is 2.68. The smallest absolute Gasteiger partial charge is 0.254 e. The number of fused-ring (bicyclic) bond motifs is 1. The van der Waals surface area contributed by atoms with Crippen molar-refractivity contribution in [2.24, 2.45) is 0 Å². The molecule has 5 nitrogen and oxygen atoms in total. The predicted octanol–water partition coefficient (Wildman–Crippen LogP) is 1.40. The van der Waals surface area contributed by atoms with Crippen LogP contribution in [0, 0.1) is 6.92 Å². The van der Waals surface area contributed by atoms with Crippen LogP contribution >= 0.6 is 0 Å². The Kier molecular flexibility index (Phi) is 1.55. The van der Waals surface area contributed by atoms with Gasteiger partial charge in [0.15, 0.2) is 0 Å². The van der Waals surface area contributed by atoms with Crippen molar-refractivity contribution in [1.29, 1.82) is 0 Å². The Morgan fingerprint density at radius 2 is 2.27 bits per heavy atom. The summed E-state index contributed by atoms with van der Waals surface area (Å²) in [4.78, 5) is 8.39. The van der Waals surface area contributed by atoms with Crippen LogP contribution in [0.1, 0.15) is 25.5 Å². The van der Waals surface area contributed by atoms with Crippen LogP contribution in [0.2, 0.25) is 0 Å². The maximum absolute atomic E-state index is 4.30. The highest BCUT2D eigenvalue weighted by Gasteiger charge is 2.37. The van der Waals surface area contributed by atoms with Gasteiger partial charge in [-0.3, -0.25) is 0 Å². The molecule has 3 rings (SSSR count). The topological polar surface area (TPSA) is 55.1 Å². The highest BCUT2D eigenvalue weighted by Crippen LogP contribution is 2.37. The van der Waals surface area contributed by atoms with Crippen molar-refractivity contribution in [1.82, 2.24) is 19.6 Å². The van der Waals surface area contributed by atoms with Crippen LogP contribution < -0.4 is 5.32 Å². The highest BCUT2D eigenvalue weighted by atomic mass is 15.4. The second-order valence-electron chi connectivity index (χ2n) is 4.44. The number of aryl methyl sites for hydroxylation is 1. The maximum atomic E-state index is 4.30. The van der Waals surface area contributed by atoms with E-state index in [4.69, 9.17) is 0 Å². The molecule has 5 heteroatoms. The first-order valence-corrected chi connectivity index (χ1v) is 5.12. The van der Waals surface area contributed by atoms with Gasteiger partial charge in [0.05, 0.1) is 0 Å². The van der Waals surface area contributed by atoms with Crippen LogP contribution in [-0.2, 0) is 0 Å². The molecular formula is C10H13N5. The summed E-state index contributed by atoms with van der Waals surface area (Å²) >= 11 is 0. The van der Waals surface area contributed by atoms with Crippen LogP contribution in [0.3, 0.4) is 0 Å². The van der Waals surface area contributed by atoms with Crippen molar-refractivity contribution in [3.05, 3.63) is 18.1 Å². The van der Waals surface area contributed by atoms with Gasteiger partial charge in [0.1, 0.15) is 12.1 Å². The molecule has 0 radical (unpaired) electrons. The summed E-state index contributed by atoms with van der Waals surface area (Å²) in [6.07, 6.45) is 3.96. The predicted molar refractivity (Wildman–Crippen MR) is 56.8 cm³/mol. The van der Waals surface area contributed by atoms with E-state index in [2.05, 4.69) is 27.3 Å². The molecule has 1 N–H and O–H groups in total. The largest absolute Gasteiger partial charge is 0.365 e. The summed E-state index contributed by atoms with van der Waals surface area (Å²) in [6, 6.07) is 2.01. The zero-order valence-electron chi connectivity index (χ0n) is 8.86. The molecule has 2 aromatic rings. The third-order valence-electron chi connectivity index (χ3n) is 2.81. The van der Waals surface area contributed by atoms with Crippen molar-refractivity contribution in [3.8, 4) is 0 Å². The minimum atomic E-state index is 0.243. The van der Waals surface area contributed by atoms with Crippen molar-refractivity contribution < 1.29 is 0 Å². The first-order chi connectivity index (χ1) is 7.16. The van der Waals surface area contributed by atoms with Crippen LogP contribution in [-0.4, -0.2) is 25.1 Å². The molecule has 0 aliphatic heterocycles. The van der Waals surface area contributed by atoms with Crippen molar-refractivity contribution in [3.63, 3.8) is 0 Å². The van der Waals surface area contributed by atoms with E-state index >= 15 is 0 Å². The highest BCUT2D eigenvalue weighted by molar-refractivity contribution is 5.47. The average Bonchev–Trinajstić information content (AvgIpc) is 2.73. The fraction of sp³-hybridized carbons (Fsp3) is 0.500. The maximum Gasteiger partial charge on any atom is 0.254 e. The van der Waals surface area contributed by atoms with Gasteiger partial charge in [0, 0.05) is 17.3 Å². The van der Waals surface area contributed by atoms with E-state index in [0.717, 1.165) is 11.5 Å². The Labute approximate surface area is 87.5 Å². The van der Waals surface area contributed by atoms with Gasteiger partial charge in [-0.2, -0.15) is 14.6 Å². The molecule has 1 saturated carbocycles. The Bertz CT molecular complexity index is 512. The molecule has 0 amide bonds. The summed E-state index contributed by atoms with van der Waals surface area (Å²) in [5, 5.41) is 7.63. The molecule has 2 aromatic heterocycles. The third kappa shape index (κ3) is 1.44. The Morgan fingerprint density at radius 3 is 3.00 bits per heavy atom. The van der Waals surface area contributed by atoms with Gasteiger partial charge >= 0.3 is 0 Å². The minimum Gasteiger partial charge on any atom is -0.365 e. The van der Waals surface area contributed by atoms with Crippen molar-refractivity contribution in [2.45, 2.75) is 32.2 Å². The van der Waals surface area contributed by atoms with E-state index in [1.165, 1.54) is 19.2 Å². The number of hydrogen-bond acceptors (Lipinski definition) is 4. The lowest BCUT2D eigenvalue weighted by Gasteiger charge is -2.13. The van der Waals surface area contributed by atoms with Gasteiger partial charge in [-0.1, -0.05) is 0 Å². The van der Waals surface area contributed by atoms with Gasteiger partial charge in [0.2, 0.25) is 0 Å². The molecule has 0 atom stereocenters. The molecule has 1 fully saturated rings. The van der Waals surface area contributed by atoms with Gasteiger partial charge < -0.3 is 5.32 Å². The van der Waals surface area contributed by atoms with E-state index in [9.17, 15) is 0 Å². The molecule has 1 aliphatic rings. The van der Waals surface area contributed by atoms with Crippen LogP contribution in [0.15, 0.2) is 12.4 Å². The zero-order chi connectivity index (χ0) is 10.5. The van der Waals surface area contributed by atoms with E-state index in [0.29, 0.717) is 5.78 Å². The van der Waals surface area contributed by atoms with Gasteiger partial charge in [-0.25, -0.2) is 4.98 Å². The van der Waals surface area contributed by atoms with E-state index in [-0.39, 0.29) is 5.54 Å². The van der Waals surface area contributed by atoms with E-state index in [1.807, 2.05) is 13.0 Å². The van der Waals surface area contributed by atoms with Crippen molar-refractivity contribution >= 4 is 11.6 Å². The summed E-state index contributed by atoms with van der Waals surface area (Å²) in [5.74, 6) is 1.64. The first-order valence-electron chi connectivity index (χ1n) is 5.12. The lowest BCUT2D eigenvalue weighted by molar-refractivity contribution is 0.797. The molecule has 0 bridgehead atoms. The van der Waals surface area contributed by atoms with E-state index in [1.54, 1.807) is 4.52 Å². The SMILES string of the molecule is Cc1cc(NC2(C)CC2)n2ncnc2n1. The number of rotatable bonds is 2. The lowest BCUT2D eigenvalue weighted by atomic mass is 10.3. The second-order valence-corrected chi connectivity index (χ2v) is 4.44. The average molecular weight is 203 g/mol. The molecule has 0 saturated heterocycles. The molecule has 1 aliphatic carbocycles. The number of anilines is 1. The molecule has 15 heavy (non-hydrogen) atoms. The summed E-state index contributed by atoms with van der Waals surface area (Å²) in [6.45, 7) is 4.18. The van der Waals surface area contributed by atoms with E-state index < -0.39 is 0 Å². The van der Waals surface area contributed by atoms with Crippen LogP contribution in [0.5, 0.6) is 0 Å². The van der Waals surface area contributed by atoms with Gasteiger partial charge in [-0.15, -0.1) is 0 Å². The fourth-order valence-corrected chi connectivity index (χ4v) is 1.64. The lowest BCUT2D eigenvalue weighted by Crippen LogP contribution is -2.19. The monoisotopic (exact) mass is 203 g/mol. The van der Waals surface area contributed by atoms with Gasteiger partial charge in [-0.05, 0) is 26.7 Å². The summed E-state index contributed by atoms with van der Waals surface area (Å²) in [7, 11) is 0. The van der Waals surface area contributed by atoms with Crippen LogP contribution in [0.4, 0.5) is 5.82 Å². The molecule has 78 valence electrons. The molecule has 0 aromatic carbocycles. The zero-order valence-corrected chi connectivity index (χ0v) is 8.86. The number of hydrogen-bond donors (Lipinski definition) is 1. The Balaban J connectivity index is 2.11. The number of nitrogens with one attached hydrogen (secondary N) is 1. The minimum absolute atomic E-state index is 0.243. The molecular weight excluding hydrogens is 190 g/mol. The normalized spacial score (nSPS) is 18.0. The molecule has 0 unspecified atom stereocenters. The third-order valence-corrected chi connectivity index (χ3v) is 2.81. The molecule has 0 spiro atoms.